The SMILES string of the molecule is CC(C)S(=O)NC1CCC(CNc2nc(-c3cnccn3)cs2)CC1. The van der Waals surface area contributed by atoms with E-state index < -0.39 is 11.0 Å². The van der Waals surface area contributed by atoms with E-state index in [4.69, 9.17) is 0 Å². The highest BCUT2D eigenvalue weighted by Crippen LogP contribution is 2.27. The minimum atomic E-state index is -0.914. The molecule has 3 rings (SSSR count). The van der Waals surface area contributed by atoms with Gasteiger partial charge in [-0.2, -0.15) is 0 Å². The number of hydrogen-bond acceptors (Lipinski definition) is 6. The van der Waals surface area contributed by atoms with Crippen molar-refractivity contribution in [3.8, 4) is 11.4 Å². The lowest BCUT2D eigenvalue weighted by Gasteiger charge is -2.29. The van der Waals surface area contributed by atoms with Crippen LogP contribution in [0.3, 0.4) is 0 Å². The minimum absolute atomic E-state index is 0.174. The molecule has 2 aromatic rings. The molecule has 136 valence electrons. The Balaban J connectivity index is 1.43. The molecule has 0 spiro atoms. The zero-order chi connectivity index (χ0) is 17.6. The number of aromatic nitrogens is 3. The van der Waals surface area contributed by atoms with E-state index in [1.807, 2.05) is 19.2 Å². The molecule has 1 saturated carbocycles. The highest BCUT2D eigenvalue weighted by atomic mass is 32.2. The van der Waals surface area contributed by atoms with E-state index in [0.717, 1.165) is 48.7 Å². The van der Waals surface area contributed by atoms with Crippen LogP contribution in [0.25, 0.3) is 11.4 Å². The Morgan fingerprint density at radius 2 is 2.04 bits per heavy atom. The van der Waals surface area contributed by atoms with Crippen molar-refractivity contribution >= 4 is 27.5 Å². The monoisotopic (exact) mass is 379 g/mol. The molecule has 0 saturated heterocycles. The van der Waals surface area contributed by atoms with Crippen LogP contribution < -0.4 is 10.0 Å². The highest BCUT2D eigenvalue weighted by molar-refractivity contribution is 7.83. The predicted molar refractivity (Wildman–Crippen MR) is 104 cm³/mol. The van der Waals surface area contributed by atoms with Gasteiger partial charge in [0.1, 0.15) is 11.4 Å². The maximum atomic E-state index is 11.9. The molecule has 2 N–H and O–H groups in total. The van der Waals surface area contributed by atoms with Gasteiger partial charge < -0.3 is 5.32 Å². The van der Waals surface area contributed by atoms with E-state index >= 15 is 0 Å². The quantitative estimate of drug-likeness (QED) is 0.772. The van der Waals surface area contributed by atoms with Gasteiger partial charge in [0.05, 0.1) is 17.2 Å². The number of nitrogens with one attached hydrogen (secondary N) is 2. The molecular formula is C17H25N5OS2. The van der Waals surface area contributed by atoms with Crippen LogP contribution in [0.15, 0.2) is 24.0 Å². The first kappa shape index (κ1) is 18.4. The van der Waals surface area contributed by atoms with E-state index in [0.29, 0.717) is 12.0 Å². The van der Waals surface area contributed by atoms with Crippen molar-refractivity contribution in [2.45, 2.75) is 50.8 Å². The molecule has 2 heterocycles. The van der Waals surface area contributed by atoms with Gasteiger partial charge in [-0.05, 0) is 45.4 Å². The number of rotatable bonds is 7. The Kier molecular flexibility index (Phi) is 6.50. The molecule has 6 nitrogen and oxygen atoms in total. The summed E-state index contributed by atoms with van der Waals surface area (Å²) in [6.07, 6.45) is 9.57. The molecule has 0 radical (unpaired) electrons. The molecule has 1 atom stereocenters. The lowest BCUT2D eigenvalue weighted by atomic mass is 9.86. The first-order chi connectivity index (χ1) is 12.1. The van der Waals surface area contributed by atoms with Crippen LogP contribution in [0.1, 0.15) is 39.5 Å². The summed E-state index contributed by atoms with van der Waals surface area (Å²) in [4.78, 5) is 13.0. The summed E-state index contributed by atoms with van der Waals surface area (Å²) in [5, 5.41) is 6.57. The van der Waals surface area contributed by atoms with Crippen LogP contribution in [-0.4, -0.2) is 37.0 Å². The predicted octanol–water partition coefficient (Wildman–Crippen LogP) is 3.23. The van der Waals surface area contributed by atoms with E-state index in [1.54, 1.807) is 29.9 Å². The number of hydrogen-bond donors (Lipinski definition) is 2. The molecule has 1 fully saturated rings. The fourth-order valence-corrected chi connectivity index (χ4v) is 4.47. The third kappa shape index (κ3) is 5.29. The highest BCUT2D eigenvalue weighted by Gasteiger charge is 2.23. The van der Waals surface area contributed by atoms with Gasteiger partial charge in [0.15, 0.2) is 5.13 Å². The van der Waals surface area contributed by atoms with Gasteiger partial charge in [0.2, 0.25) is 0 Å². The van der Waals surface area contributed by atoms with Gasteiger partial charge in [-0.1, -0.05) is 0 Å². The fraction of sp³-hybridized carbons (Fsp3) is 0.588. The number of thiazole rings is 1. The summed E-state index contributed by atoms with van der Waals surface area (Å²) in [5.41, 5.74) is 1.67. The van der Waals surface area contributed by atoms with Crippen molar-refractivity contribution in [2.75, 3.05) is 11.9 Å². The van der Waals surface area contributed by atoms with E-state index in [-0.39, 0.29) is 5.25 Å². The first-order valence-corrected chi connectivity index (χ1v) is 10.8. The lowest BCUT2D eigenvalue weighted by Crippen LogP contribution is -2.38. The van der Waals surface area contributed by atoms with Crippen LogP contribution in [0.4, 0.5) is 5.13 Å². The van der Waals surface area contributed by atoms with Crippen molar-refractivity contribution in [3.63, 3.8) is 0 Å². The van der Waals surface area contributed by atoms with Crippen molar-refractivity contribution in [1.29, 1.82) is 0 Å². The van der Waals surface area contributed by atoms with Crippen molar-refractivity contribution in [3.05, 3.63) is 24.0 Å². The van der Waals surface area contributed by atoms with Crippen LogP contribution in [0.5, 0.6) is 0 Å². The Morgan fingerprint density at radius 3 is 2.72 bits per heavy atom. The molecule has 1 aliphatic carbocycles. The summed E-state index contributed by atoms with van der Waals surface area (Å²) < 4.78 is 15.2. The maximum absolute atomic E-state index is 11.9. The normalized spacial score (nSPS) is 22.0. The van der Waals surface area contributed by atoms with E-state index in [9.17, 15) is 4.21 Å². The third-order valence-corrected chi connectivity index (χ3v) is 6.65. The Hall–Kier alpha value is -1.38. The largest absolute Gasteiger partial charge is 0.361 e. The van der Waals surface area contributed by atoms with Crippen molar-refractivity contribution in [1.82, 2.24) is 19.7 Å². The Morgan fingerprint density at radius 1 is 1.24 bits per heavy atom. The summed E-state index contributed by atoms with van der Waals surface area (Å²) in [5.74, 6) is 0.648. The van der Waals surface area contributed by atoms with Crippen molar-refractivity contribution in [2.24, 2.45) is 5.92 Å². The van der Waals surface area contributed by atoms with Gasteiger partial charge in [0.25, 0.3) is 0 Å². The molecule has 1 aliphatic rings. The first-order valence-electron chi connectivity index (χ1n) is 8.74. The molecule has 0 bridgehead atoms. The zero-order valence-corrected chi connectivity index (χ0v) is 16.3. The summed E-state index contributed by atoms with van der Waals surface area (Å²) in [6, 6.07) is 0.391. The average Bonchev–Trinajstić information content (AvgIpc) is 3.11. The van der Waals surface area contributed by atoms with Gasteiger partial charge in [-0.15, -0.1) is 11.3 Å². The zero-order valence-electron chi connectivity index (χ0n) is 14.6. The molecule has 0 aromatic carbocycles. The standard InChI is InChI=1S/C17H25N5OS2/c1-12(2)25(23)22-14-5-3-13(4-6-14)9-20-17-21-16(11-24-17)15-10-18-7-8-19-15/h7-8,10-14,22H,3-6,9H2,1-2H3,(H,20,21). The van der Waals surface area contributed by atoms with Crippen LogP contribution in [0.2, 0.25) is 0 Å². The number of anilines is 1. The second-order valence-corrected chi connectivity index (χ2v) is 9.32. The van der Waals surface area contributed by atoms with Crippen LogP contribution in [-0.2, 0) is 11.0 Å². The second kappa shape index (κ2) is 8.82. The summed E-state index contributed by atoms with van der Waals surface area (Å²) in [7, 11) is -0.914. The molecule has 0 amide bonds. The smallest absolute Gasteiger partial charge is 0.183 e. The maximum Gasteiger partial charge on any atom is 0.183 e. The van der Waals surface area contributed by atoms with E-state index in [2.05, 4.69) is 25.0 Å². The van der Waals surface area contributed by atoms with Gasteiger partial charge in [-0.3, -0.25) is 9.97 Å². The van der Waals surface area contributed by atoms with Crippen LogP contribution in [0, 0.1) is 5.92 Å². The topological polar surface area (TPSA) is 79.8 Å². The number of nitrogens with zero attached hydrogens (tertiary/aromatic N) is 3. The average molecular weight is 380 g/mol. The minimum Gasteiger partial charge on any atom is -0.361 e. The Labute approximate surface area is 155 Å². The van der Waals surface area contributed by atoms with E-state index in [1.165, 1.54) is 0 Å². The molecule has 1 unspecified atom stereocenters. The molecular weight excluding hydrogens is 354 g/mol. The second-order valence-electron chi connectivity index (χ2n) is 6.69. The van der Waals surface area contributed by atoms with Gasteiger partial charge in [-0.25, -0.2) is 13.9 Å². The molecule has 25 heavy (non-hydrogen) atoms. The molecule has 2 aromatic heterocycles. The molecule has 8 heteroatoms. The lowest BCUT2D eigenvalue weighted by molar-refractivity contribution is 0.326. The fourth-order valence-electron chi connectivity index (χ4n) is 2.92. The third-order valence-electron chi connectivity index (χ3n) is 4.43. The van der Waals surface area contributed by atoms with Crippen LogP contribution >= 0.6 is 11.3 Å². The summed E-state index contributed by atoms with van der Waals surface area (Å²) in [6.45, 7) is 4.91. The van der Waals surface area contributed by atoms with Gasteiger partial charge >= 0.3 is 0 Å². The van der Waals surface area contributed by atoms with Gasteiger partial charge in [0, 0.05) is 35.6 Å². The summed E-state index contributed by atoms with van der Waals surface area (Å²) >= 11 is 1.60. The Bertz CT molecular complexity index is 683. The van der Waals surface area contributed by atoms with Crippen molar-refractivity contribution < 1.29 is 4.21 Å². The molecule has 0 aliphatic heterocycles.